The summed E-state index contributed by atoms with van der Waals surface area (Å²) in [6.45, 7) is 6.06. The molecule has 1 heterocycles. The van der Waals surface area contributed by atoms with E-state index in [1.165, 1.54) is 11.4 Å². The number of aliphatic imine (C=N–C) groups is 1. The van der Waals surface area contributed by atoms with Crippen LogP contribution >= 0.6 is 11.8 Å². The summed E-state index contributed by atoms with van der Waals surface area (Å²) >= 11 is 1.88. The number of thioether (sulfide) groups is 1. The molecule has 1 aromatic rings. The first kappa shape index (κ1) is 17.0. The van der Waals surface area contributed by atoms with E-state index < -0.39 is 0 Å². The van der Waals surface area contributed by atoms with E-state index in [1.54, 1.807) is 0 Å². The third-order valence-corrected chi connectivity index (χ3v) is 4.47. The minimum absolute atomic E-state index is 0.471. The van der Waals surface area contributed by atoms with Crippen LogP contribution in [0.2, 0.25) is 0 Å². The van der Waals surface area contributed by atoms with Crippen molar-refractivity contribution >= 4 is 23.4 Å². The molecule has 1 saturated heterocycles. The summed E-state index contributed by atoms with van der Waals surface area (Å²) in [6, 6.07) is 11.1. The molecule has 1 aliphatic rings. The molecular formula is C17H28N4S. The summed E-state index contributed by atoms with van der Waals surface area (Å²) in [5, 5.41) is 6.94. The number of para-hydroxylation sites is 1. The van der Waals surface area contributed by atoms with Crippen LogP contribution in [0.4, 0.5) is 5.69 Å². The lowest BCUT2D eigenvalue weighted by Gasteiger charge is -2.20. The maximum Gasteiger partial charge on any atom is 0.191 e. The molecule has 0 aromatic heterocycles. The smallest absolute Gasteiger partial charge is 0.191 e. The van der Waals surface area contributed by atoms with Crippen molar-refractivity contribution in [3.05, 3.63) is 30.3 Å². The van der Waals surface area contributed by atoms with Crippen LogP contribution in [0.15, 0.2) is 35.3 Å². The van der Waals surface area contributed by atoms with Crippen molar-refractivity contribution in [2.45, 2.75) is 25.8 Å². The van der Waals surface area contributed by atoms with Gasteiger partial charge in [0, 0.05) is 37.9 Å². The zero-order chi connectivity index (χ0) is 15.6. The van der Waals surface area contributed by atoms with E-state index in [2.05, 4.69) is 64.0 Å². The maximum absolute atomic E-state index is 4.67. The standard InChI is InChI=1S/C17H28N4S/c1-3-18-17(19-11-7-13-22-2)20-15-10-12-21(14-15)16-8-5-4-6-9-16/h4-6,8-9,15H,3,7,10-14H2,1-2H3,(H2,18,19,20). The average molecular weight is 321 g/mol. The Hall–Kier alpha value is -1.36. The Morgan fingerprint density at radius 2 is 2.18 bits per heavy atom. The number of rotatable bonds is 7. The topological polar surface area (TPSA) is 39.7 Å². The van der Waals surface area contributed by atoms with Crippen LogP contribution in [0, 0.1) is 0 Å². The largest absolute Gasteiger partial charge is 0.369 e. The summed E-state index contributed by atoms with van der Waals surface area (Å²) in [5.41, 5.74) is 1.31. The Morgan fingerprint density at radius 1 is 1.36 bits per heavy atom. The number of hydrogen-bond acceptors (Lipinski definition) is 3. The van der Waals surface area contributed by atoms with Crippen molar-refractivity contribution in [3.8, 4) is 0 Å². The van der Waals surface area contributed by atoms with E-state index >= 15 is 0 Å². The third kappa shape index (κ3) is 5.44. The van der Waals surface area contributed by atoms with Gasteiger partial charge in [-0.05, 0) is 43.9 Å². The van der Waals surface area contributed by atoms with Gasteiger partial charge in [0.15, 0.2) is 5.96 Å². The highest BCUT2D eigenvalue weighted by Crippen LogP contribution is 2.19. The van der Waals surface area contributed by atoms with Gasteiger partial charge in [-0.3, -0.25) is 4.99 Å². The zero-order valence-electron chi connectivity index (χ0n) is 13.7. The Balaban J connectivity index is 1.83. The van der Waals surface area contributed by atoms with Crippen LogP contribution in [-0.2, 0) is 0 Å². The summed E-state index contributed by atoms with van der Waals surface area (Å²) in [5.74, 6) is 2.14. The van der Waals surface area contributed by atoms with Crippen molar-refractivity contribution in [2.24, 2.45) is 4.99 Å². The number of hydrogen-bond donors (Lipinski definition) is 2. The second kappa shape index (κ2) is 9.62. The molecule has 1 aromatic carbocycles. The molecule has 1 fully saturated rings. The molecule has 0 radical (unpaired) electrons. The van der Waals surface area contributed by atoms with Crippen molar-refractivity contribution in [2.75, 3.05) is 43.1 Å². The van der Waals surface area contributed by atoms with E-state index in [-0.39, 0.29) is 0 Å². The first-order valence-electron chi connectivity index (χ1n) is 8.17. The molecule has 5 heteroatoms. The molecule has 0 amide bonds. The van der Waals surface area contributed by atoms with Crippen molar-refractivity contribution in [1.29, 1.82) is 0 Å². The number of anilines is 1. The lowest BCUT2D eigenvalue weighted by molar-refractivity contribution is 0.649. The van der Waals surface area contributed by atoms with Gasteiger partial charge >= 0.3 is 0 Å². The van der Waals surface area contributed by atoms with Crippen LogP contribution in [0.5, 0.6) is 0 Å². The molecule has 1 aliphatic heterocycles. The summed E-state index contributed by atoms with van der Waals surface area (Å²) in [6.07, 6.45) is 4.44. The van der Waals surface area contributed by atoms with E-state index in [0.717, 1.165) is 45.0 Å². The van der Waals surface area contributed by atoms with Crippen molar-refractivity contribution in [3.63, 3.8) is 0 Å². The normalized spacial score (nSPS) is 18.5. The molecule has 0 saturated carbocycles. The molecule has 22 heavy (non-hydrogen) atoms. The minimum atomic E-state index is 0.471. The molecule has 0 aliphatic carbocycles. The Kier molecular flexibility index (Phi) is 7.43. The molecule has 0 bridgehead atoms. The van der Waals surface area contributed by atoms with Gasteiger partial charge in [0.25, 0.3) is 0 Å². The predicted octanol–water partition coefficient (Wildman–Crippen LogP) is 2.57. The minimum Gasteiger partial charge on any atom is -0.369 e. The summed E-state index contributed by atoms with van der Waals surface area (Å²) in [4.78, 5) is 7.11. The van der Waals surface area contributed by atoms with Crippen molar-refractivity contribution in [1.82, 2.24) is 10.6 Å². The molecule has 1 atom stereocenters. The molecule has 0 spiro atoms. The second-order valence-electron chi connectivity index (χ2n) is 5.52. The lowest BCUT2D eigenvalue weighted by atomic mass is 10.3. The molecule has 2 rings (SSSR count). The lowest BCUT2D eigenvalue weighted by Crippen LogP contribution is -2.44. The van der Waals surface area contributed by atoms with Gasteiger partial charge < -0.3 is 15.5 Å². The number of benzene rings is 1. The molecular weight excluding hydrogens is 292 g/mol. The molecule has 2 N–H and O–H groups in total. The SMILES string of the molecule is CCNC(=NCCCSC)NC1CCN(c2ccccc2)C1. The van der Waals surface area contributed by atoms with E-state index in [0.29, 0.717) is 6.04 Å². The zero-order valence-corrected chi connectivity index (χ0v) is 14.5. The quantitative estimate of drug-likeness (QED) is 0.460. The first-order chi connectivity index (χ1) is 10.8. The monoisotopic (exact) mass is 320 g/mol. The van der Waals surface area contributed by atoms with E-state index in [9.17, 15) is 0 Å². The van der Waals surface area contributed by atoms with Crippen LogP contribution < -0.4 is 15.5 Å². The number of nitrogens with one attached hydrogen (secondary N) is 2. The summed E-state index contributed by atoms with van der Waals surface area (Å²) < 4.78 is 0. The Bertz CT molecular complexity index is 449. The van der Waals surface area contributed by atoms with Crippen LogP contribution in [0.25, 0.3) is 0 Å². The predicted molar refractivity (Wildman–Crippen MR) is 99.2 cm³/mol. The third-order valence-electron chi connectivity index (χ3n) is 3.77. The van der Waals surface area contributed by atoms with Crippen LogP contribution in [0.3, 0.4) is 0 Å². The van der Waals surface area contributed by atoms with Gasteiger partial charge in [0.1, 0.15) is 0 Å². The van der Waals surface area contributed by atoms with Crippen LogP contribution in [0.1, 0.15) is 19.8 Å². The maximum atomic E-state index is 4.67. The highest BCUT2D eigenvalue weighted by atomic mass is 32.2. The van der Waals surface area contributed by atoms with Gasteiger partial charge in [-0.1, -0.05) is 18.2 Å². The number of nitrogens with zero attached hydrogens (tertiary/aromatic N) is 2. The fraction of sp³-hybridized carbons (Fsp3) is 0.588. The average Bonchev–Trinajstić information content (AvgIpc) is 3.01. The second-order valence-corrected chi connectivity index (χ2v) is 6.50. The van der Waals surface area contributed by atoms with Crippen LogP contribution in [-0.4, -0.2) is 50.2 Å². The fourth-order valence-corrected chi connectivity index (χ4v) is 3.08. The molecule has 4 nitrogen and oxygen atoms in total. The van der Waals surface area contributed by atoms with Gasteiger partial charge in [0.2, 0.25) is 0 Å². The fourth-order valence-electron chi connectivity index (χ4n) is 2.66. The van der Waals surface area contributed by atoms with Gasteiger partial charge in [0.05, 0.1) is 0 Å². The van der Waals surface area contributed by atoms with E-state index in [1.807, 2.05) is 11.8 Å². The van der Waals surface area contributed by atoms with Crippen molar-refractivity contribution < 1.29 is 0 Å². The first-order valence-corrected chi connectivity index (χ1v) is 9.56. The Morgan fingerprint density at radius 3 is 2.91 bits per heavy atom. The van der Waals surface area contributed by atoms with Gasteiger partial charge in [-0.25, -0.2) is 0 Å². The molecule has 1 unspecified atom stereocenters. The Labute approximate surface area is 138 Å². The summed E-state index contributed by atoms with van der Waals surface area (Å²) in [7, 11) is 0. The highest BCUT2D eigenvalue weighted by molar-refractivity contribution is 7.98. The van der Waals surface area contributed by atoms with Gasteiger partial charge in [-0.2, -0.15) is 11.8 Å². The molecule has 122 valence electrons. The van der Waals surface area contributed by atoms with E-state index in [4.69, 9.17) is 0 Å². The number of guanidine groups is 1. The van der Waals surface area contributed by atoms with Gasteiger partial charge in [-0.15, -0.1) is 0 Å². The highest BCUT2D eigenvalue weighted by Gasteiger charge is 2.23.